The van der Waals surface area contributed by atoms with Crippen molar-refractivity contribution in [2.24, 2.45) is 0 Å². The third kappa shape index (κ3) is 4.27. The molecule has 0 radical (unpaired) electrons. The van der Waals surface area contributed by atoms with Crippen LogP contribution in [0.15, 0.2) is 54.6 Å². The Morgan fingerprint density at radius 2 is 1.61 bits per heavy atom. The molecule has 1 aliphatic heterocycles. The summed E-state index contributed by atoms with van der Waals surface area (Å²) >= 11 is 0. The third-order valence-electron chi connectivity index (χ3n) is 5.98. The van der Waals surface area contributed by atoms with Gasteiger partial charge in [-0.15, -0.1) is 0 Å². The molecule has 2 aromatic rings. The minimum Gasteiger partial charge on any atom is -0.481 e. The quantitative estimate of drug-likeness (QED) is 0.810. The summed E-state index contributed by atoms with van der Waals surface area (Å²) in [5, 5.41) is 9.88. The smallest absolute Gasteiger partial charge is 0.314 e. The van der Waals surface area contributed by atoms with Crippen LogP contribution in [0.5, 0.6) is 0 Å². The molecule has 2 aromatic carbocycles. The lowest BCUT2D eigenvalue weighted by atomic mass is 9.73. The van der Waals surface area contributed by atoms with Gasteiger partial charge in [0.15, 0.2) is 0 Å². The fourth-order valence-electron chi connectivity index (χ4n) is 4.00. The van der Waals surface area contributed by atoms with Gasteiger partial charge in [0, 0.05) is 19.5 Å². The van der Waals surface area contributed by atoms with Crippen LogP contribution in [0.25, 0.3) is 0 Å². The van der Waals surface area contributed by atoms with E-state index in [1.54, 1.807) is 0 Å². The molecule has 0 saturated carbocycles. The van der Waals surface area contributed by atoms with Crippen molar-refractivity contribution in [2.45, 2.75) is 50.9 Å². The van der Waals surface area contributed by atoms with Crippen molar-refractivity contribution < 1.29 is 14.7 Å². The van der Waals surface area contributed by atoms with Crippen molar-refractivity contribution in [3.8, 4) is 0 Å². The van der Waals surface area contributed by atoms with Crippen LogP contribution in [0.2, 0.25) is 0 Å². The molecule has 0 atom stereocenters. The summed E-state index contributed by atoms with van der Waals surface area (Å²) in [7, 11) is 0. The molecular weight excluding hydrogens is 350 g/mol. The van der Waals surface area contributed by atoms with Crippen LogP contribution in [0, 0.1) is 0 Å². The molecule has 1 aliphatic rings. The van der Waals surface area contributed by atoms with Crippen LogP contribution in [0.4, 0.5) is 0 Å². The number of likely N-dealkylation sites (tertiary alicyclic amines) is 1. The van der Waals surface area contributed by atoms with Crippen molar-refractivity contribution in [1.82, 2.24) is 4.90 Å². The number of carbonyl (C=O) groups excluding carboxylic acids is 1. The van der Waals surface area contributed by atoms with E-state index in [0.29, 0.717) is 38.3 Å². The Bertz CT molecular complexity index is 804. The first-order valence-corrected chi connectivity index (χ1v) is 10.1. The van der Waals surface area contributed by atoms with Crippen molar-refractivity contribution in [3.63, 3.8) is 0 Å². The number of carboxylic acids is 1. The third-order valence-corrected chi connectivity index (χ3v) is 5.98. The Hall–Kier alpha value is -2.62. The molecule has 4 nitrogen and oxygen atoms in total. The van der Waals surface area contributed by atoms with Crippen LogP contribution < -0.4 is 0 Å². The van der Waals surface area contributed by atoms with Gasteiger partial charge in [0.25, 0.3) is 0 Å². The molecule has 1 saturated heterocycles. The summed E-state index contributed by atoms with van der Waals surface area (Å²) in [6.45, 7) is 5.32. The number of piperidine rings is 1. The van der Waals surface area contributed by atoms with E-state index >= 15 is 0 Å². The van der Waals surface area contributed by atoms with Crippen molar-refractivity contribution in [1.29, 1.82) is 0 Å². The first-order valence-electron chi connectivity index (χ1n) is 10.1. The number of rotatable bonds is 6. The number of amides is 1. The van der Waals surface area contributed by atoms with E-state index in [1.165, 1.54) is 11.1 Å². The highest BCUT2D eigenvalue weighted by molar-refractivity contribution is 5.82. The molecule has 0 aliphatic carbocycles. The standard InChI is InChI=1S/C24H29NO3/c1-18(2)20-11-8-19(9-12-20)10-13-22(26)25-16-14-24(15-17-25,23(27)28)21-6-4-3-5-7-21/h3-9,11-12,18H,10,13-17H2,1-2H3,(H,27,28). The van der Waals surface area contributed by atoms with E-state index in [-0.39, 0.29) is 5.91 Å². The number of carbonyl (C=O) groups is 2. The van der Waals surface area contributed by atoms with E-state index in [1.807, 2.05) is 35.2 Å². The first-order chi connectivity index (χ1) is 13.4. The lowest BCUT2D eigenvalue weighted by molar-refractivity contribution is -0.148. The summed E-state index contributed by atoms with van der Waals surface area (Å²) < 4.78 is 0. The van der Waals surface area contributed by atoms with Gasteiger partial charge in [0.1, 0.15) is 0 Å². The van der Waals surface area contributed by atoms with Gasteiger partial charge < -0.3 is 10.0 Å². The fraction of sp³-hybridized carbons (Fsp3) is 0.417. The van der Waals surface area contributed by atoms with Crippen LogP contribution in [-0.4, -0.2) is 35.0 Å². The maximum Gasteiger partial charge on any atom is 0.314 e. The summed E-state index contributed by atoms with van der Waals surface area (Å²) in [5.74, 6) is -0.181. The Kier molecular flexibility index (Phi) is 6.18. The van der Waals surface area contributed by atoms with Gasteiger partial charge in [0.05, 0.1) is 5.41 Å². The zero-order valence-electron chi connectivity index (χ0n) is 16.7. The van der Waals surface area contributed by atoms with Gasteiger partial charge in [-0.05, 0) is 41.9 Å². The second-order valence-electron chi connectivity index (χ2n) is 8.03. The Morgan fingerprint density at radius 1 is 1.00 bits per heavy atom. The number of hydrogen-bond acceptors (Lipinski definition) is 2. The number of hydrogen-bond donors (Lipinski definition) is 1. The molecule has 3 rings (SSSR count). The van der Waals surface area contributed by atoms with E-state index < -0.39 is 11.4 Å². The lowest BCUT2D eigenvalue weighted by Gasteiger charge is -2.39. The minimum absolute atomic E-state index is 0.111. The molecule has 1 amide bonds. The molecule has 148 valence electrons. The molecule has 1 N–H and O–H groups in total. The Balaban J connectivity index is 1.58. The van der Waals surface area contributed by atoms with E-state index in [4.69, 9.17) is 0 Å². The van der Waals surface area contributed by atoms with Gasteiger partial charge in [-0.25, -0.2) is 0 Å². The van der Waals surface area contributed by atoms with Gasteiger partial charge in [0.2, 0.25) is 5.91 Å². The minimum atomic E-state index is -0.884. The molecule has 1 heterocycles. The molecule has 1 fully saturated rings. The molecular formula is C24H29NO3. The van der Waals surface area contributed by atoms with Crippen molar-refractivity contribution in [3.05, 3.63) is 71.3 Å². The van der Waals surface area contributed by atoms with Crippen molar-refractivity contribution in [2.75, 3.05) is 13.1 Å². The summed E-state index contributed by atoms with van der Waals surface area (Å²) in [4.78, 5) is 26.5. The zero-order chi connectivity index (χ0) is 20.1. The average Bonchev–Trinajstić information content (AvgIpc) is 2.73. The van der Waals surface area contributed by atoms with Gasteiger partial charge >= 0.3 is 5.97 Å². The van der Waals surface area contributed by atoms with Crippen LogP contribution in [0.3, 0.4) is 0 Å². The zero-order valence-corrected chi connectivity index (χ0v) is 16.7. The highest BCUT2D eigenvalue weighted by Gasteiger charge is 2.43. The van der Waals surface area contributed by atoms with Gasteiger partial charge in [-0.3, -0.25) is 9.59 Å². The lowest BCUT2D eigenvalue weighted by Crippen LogP contribution is -2.49. The fourth-order valence-corrected chi connectivity index (χ4v) is 4.00. The number of aliphatic carboxylic acids is 1. The predicted molar refractivity (Wildman–Crippen MR) is 110 cm³/mol. The summed E-state index contributed by atoms with van der Waals surface area (Å²) in [5.41, 5.74) is 2.42. The number of benzene rings is 2. The molecule has 0 bridgehead atoms. The van der Waals surface area contributed by atoms with Gasteiger partial charge in [-0.1, -0.05) is 68.4 Å². The van der Waals surface area contributed by atoms with E-state index in [9.17, 15) is 14.7 Å². The summed E-state index contributed by atoms with van der Waals surface area (Å²) in [6, 6.07) is 17.9. The topological polar surface area (TPSA) is 57.6 Å². The second kappa shape index (κ2) is 8.59. The number of aryl methyl sites for hydroxylation is 1. The van der Waals surface area contributed by atoms with E-state index in [2.05, 4.69) is 38.1 Å². The highest BCUT2D eigenvalue weighted by Crippen LogP contribution is 2.36. The Labute approximate surface area is 167 Å². The normalized spacial score (nSPS) is 16.2. The number of nitrogens with zero attached hydrogens (tertiary/aromatic N) is 1. The van der Waals surface area contributed by atoms with E-state index in [0.717, 1.165) is 12.0 Å². The maximum absolute atomic E-state index is 12.6. The second-order valence-corrected chi connectivity index (χ2v) is 8.03. The maximum atomic E-state index is 12.6. The number of carboxylic acid groups (broad SMARTS) is 1. The molecule has 4 heteroatoms. The van der Waals surface area contributed by atoms with Gasteiger partial charge in [-0.2, -0.15) is 0 Å². The predicted octanol–water partition coefficient (Wildman–Crippen LogP) is 4.39. The monoisotopic (exact) mass is 379 g/mol. The largest absolute Gasteiger partial charge is 0.481 e. The first kappa shape index (κ1) is 20.1. The molecule has 28 heavy (non-hydrogen) atoms. The Morgan fingerprint density at radius 3 is 2.14 bits per heavy atom. The van der Waals surface area contributed by atoms with Crippen LogP contribution in [-0.2, 0) is 21.4 Å². The van der Waals surface area contributed by atoms with Crippen molar-refractivity contribution >= 4 is 11.9 Å². The SMILES string of the molecule is CC(C)c1ccc(CCC(=O)N2CCC(C(=O)O)(c3ccccc3)CC2)cc1. The molecule has 0 unspecified atom stereocenters. The van der Waals surface area contributed by atoms with Crippen LogP contribution in [0.1, 0.15) is 55.7 Å². The summed E-state index contributed by atoms with van der Waals surface area (Å²) in [6.07, 6.45) is 2.10. The van der Waals surface area contributed by atoms with Crippen LogP contribution >= 0.6 is 0 Å². The highest BCUT2D eigenvalue weighted by atomic mass is 16.4. The molecule has 0 aromatic heterocycles. The molecule has 0 spiro atoms. The average molecular weight is 380 g/mol.